The molecule has 1 atom stereocenters. The topological polar surface area (TPSA) is 84.5 Å². The first-order valence-electron chi connectivity index (χ1n) is 8.27. The number of nitrogens with one attached hydrogen (secondary N) is 2. The Kier molecular flexibility index (Phi) is 6.35. The smallest absolute Gasteiger partial charge is 0.240 e. The predicted octanol–water partition coefficient (Wildman–Crippen LogP) is 2.93. The Balaban J connectivity index is 2.25. The number of hydrogen-bond donors (Lipinski definition) is 2. The van der Waals surface area contributed by atoms with E-state index in [9.17, 15) is 17.6 Å². The lowest BCUT2D eigenvalue weighted by molar-refractivity contribution is -0.114. The van der Waals surface area contributed by atoms with Crippen molar-refractivity contribution in [3.63, 3.8) is 0 Å². The fraction of sp³-hybridized carbons (Fsp3) is 0.316. The van der Waals surface area contributed by atoms with Gasteiger partial charge in [-0.05, 0) is 43.7 Å². The van der Waals surface area contributed by atoms with Gasteiger partial charge in [0.25, 0.3) is 0 Å². The normalized spacial score (nSPS) is 13.8. The lowest BCUT2D eigenvalue weighted by Gasteiger charge is -2.29. The Morgan fingerprint density at radius 2 is 1.89 bits per heavy atom. The van der Waals surface area contributed by atoms with Gasteiger partial charge in [0.05, 0.1) is 4.90 Å². The molecule has 8 heteroatoms. The molecule has 0 saturated heterocycles. The standard InChI is InChI=1S/C19H23FN2O4S/c1-13-11-15(22-14(2)23)9-10-18(13)27(24,25)21-12-19(3,26-4)16-7-5-6-8-17(16)20/h5-11,21H,12H2,1-4H3,(H,22,23)/t19-/m1/s1. The first-order valence-corrected chi connectivity index (χ1v) is 9.75. The van der Waals surface area contributed by atoms with Gasteiger partial charge in [-0.25, -0.2) is 17.5 Å². The largest absolute Gasteiger partial charge is 0.372 e. The summed E-state index contributed by atoms with van der Waals surface area (Å²) in [4.78, 5) is 11.2. The SMILES string of the molecule is CO[C@](C)(CNS(=O)(=O)c1ccc(NC(C)=O)cc1C)c1ccccc1F. The molecule has 0 bridgehead atoms. The van der Waals surface area contributed by atoms with E-state index in [0.717, 1.165) is 0 Å². The zero-order valence-corrected chi connectivity index (χ0v) is 16.5. The molecule has 2 aromatic carbocycles. The third-order valence-corrected chi connectivity index (χ3v) is 5.84. The van der Waals surface area contributed by atoms with Crippen LogP contribution in [-0.2, 0) is 25.2 Å². The van der Waals surface area contributed by atoms with Gasteiger partial charge in [0.15, 0.2) is 0 Å². The summed E-state index contributed by atoms with van der Waals surface area (Å²) in [5.41, 5.74) is 0.0568. The first kappa shape index (κ1) is 21.0. The summed E-state index contributed by atoms with van der Waals surface area (Å²) >= 11 is 0. The van der Waals surface area contributed by atoms with Crippen molar-refractivity contribution in [2.45, 2.75) is 31.3 Å². The zero-order chi connectivity index (χ0) is 20.2. The third kappa shape index (κ3) is 4.91. The fourth-order valence-corrected chi connectivity index (χ4v) is 4.06. The Bertz CT molecular complexity index is 946. The van der Waals surface area contributed by atoms with Crippen molar-refractivity contribution in [1.29, 1.82) is 0 Å². The van der Waals surface area contributed by atoms with Crippen LogP contribution in [0.4, 0.5) is 10.1 Å². The maximum Gasteiger partial charge on any atom is 0.240 e. The summed E-state index contributed by atoms with van der Waals surface area (Å²) in [6.07, 6.45) is 0. The van der Waals surface area contributed by atoms with Crippen LogP contribution in [0.15, 0.2) is 47.4 Å². The van der Waals surface area contributed by atoms with E-state index in [-0.39, 0.29) is 22.9 Å². The monoisotopic (exact) mass is 394 g/mol. The quantitative estimate of drug-likeness (QED) is 0.756. The Hall–Kier alpha value is -2.29. The van der Waals surface area contributed by atoms with Gasteiger partial charge in [-0.15, -0.1) is 0 Å². The summed E-state index contributed by atoms with van der Waals surface area (Å²) in [6.45, 7) is 4.46. The van der Waals surface area contributed by atoms with Gasteiger partial charge < -0.3 is 10.1 Å². The third-order valence-electron chi connectivity index (χ3n) is 4.28. The van der Waals surface area contributed by atoms with E-state index in [0.29, 0.717) is 11.3 Å². The highest BCUT2D eigenvalue weighted by molar-refractivity contribution is 7.89. The number of ether oxygens (including phenoxy) is 1. The molecule has 0 spiro atoms. The molecule has 0 radical (unpaired) electrons. The van der Waals surface area contributed by atoms with Gasteiger partial charge in [-0.2, -0.15) is 0 Å². The van der Waals surface area contributed by atoms with Gasteiger partial charge in [0.1, 0.15) is 11.4 Å². The second kappa shape index (κ2) is 8.16. The van der Waals surface area contributed by atoms with Gasteiger partial charge in [0.2, 0.25) is 15.9 Å². The highest BCUT2D eigenvalue weighted by Gasteiger charge is 2.31. The number of hydrogen-bond acceptors (Lipinski definition) is 4. The molecule has 0 aliphatic rings. The average molecular weight is 394 g/mol. The molecular formula is C19H23FN2O4S. The second-order valence-corrected chi connectivity index (χ2v) is 8.14. The number of methoxy groups -OCH3 is 1. The first-order chi connectivity index (χ1) is 12.6. The van der Waals surface area contributed by atoms with Crippen molar-refractivity contribution < 1.29 is 22.3 Å². The van der Waals surface area contributed by atoms with Gasteiger partial charge in [-0.1, -0.05) is 18.2 Å². The number of carbonyl (C=O) groups is 1. The van der Waals surface area contributed by atoms with E-state index in [4.69, 9.17) is 4.74 Å². The van der Waals surface area contributed by atoms with Crippen LogP contribution in [0.2, 0.25) is 0 Å². The van der Waals surface area contributed by atoms with Crippen molar-refractivity contribution in [2.75, 3.05) is 19.0 Å². The van der Waals surface area contributed by atoms with E-state index in [2.05, 4.69) is 10.0 Å². The summed E-state index contributed by atoms with van der Waals surface area (Å²) in [6, 6.07) is 10.6. The highest BCUT2D eigenvalue weighted by atomic mass is 32.2. The number of amides is 1. The van der Waals surface area contributed by atoms with Crippen molar-refractivity contribution in [3.05, 3.63) is 59.4 Å². The lowest BCUT2D eigenvalue weighted by atomic mass is 9.95. The number of benzene rings is 2. The van der Waals surface area contributed by atoms with Crippen LogP contribution in [0, 0.1) is 12.7 Å². The van der Waals surface area contributed by atoms with Crippen LogP contribution in [0.5, 0.6) is 0 Å². The maximum absolute atomic E-state index is 14.1. The molecule has 0 aromatic heterocycles. The molecule has 0 unspecified atom stereocenters. The van der Waals surface area contributed by atoms with Crippen LogP contribution >= 0.6 is 0 Å². The fourth-order valence-electron chi connectivity index (χ4n) is 2.71. The van der Waals surface area contributed by atoms with Gasteiger partial charge in [-0.3, -0.25) is 4.79 Å². The molecule has 2 rings (SSSR count). The molecule has 27 heavy (non-hydrogen) atoms. The molecule has 0 heterocycles. The number of aryl methyl sites for hydroxylation is 1. The van der Waals surface area contributed by atoms with Gasteiger partial charge in [0, 0.05) is 31.8 Å². The van der Waals surface area contributed by atoms with Crippen molar-refractivity contribution in [3.8, 4) is 0 Å². The molecule has 0 aliphatic heterocycles. The Morgan fingerprint density at radius 3 is 2.44 bits per heavy atom. The molecule has 0 fully saturated rings. The van der Waals surface area contributed by atoms with E-state index in [1.165, 1.54) is 32.2 Å². The number of anilines is 1. The summed E-state index contributed by atoms with van der Waals surface area (Å²) < 4.78 is 47.5. The van der Waals surface area contributed by atoms with E-state index >= 15 is 0 Å². The van der Waals surface area contributed by atoms with E-state index in [1.807, 2.05) is 0 Å². The van der Waals surface area contributed by atoms with E-state index in [1.54, 1.807) is 38.1 Å². The molecule has 2 N–H and O–H groups in total. The molecule has 0 aliphatic carbocycles. The number of rotatable bonds is 7. The summed E-state index contributed by atoms with van der Waals surface area (Å²) in [7, 11) is -2.47. The Labute approximate surface area is 158 Å². The summed E-state index contributed by atoms with van der Waals surface area (Å²) in [5, 5.41) is 2.60. The van der Waals surface area contributed by atoms with Crippen LogP contribution in [0.1, 0.15) is 25.0 Å². The minimum absolute atomic E-state index is 0.0728. The molecule has 0 saturated carbocycles. The molecule has 6 nitrogen and oxygen atoms in total. The van der Waals surface area contributed by atoms with Crippen molar-refractivity contribution >= 4 is 21.6 Å². The molecule has 146 valence electrons. The predicted molar refractivity (Wildman–Crippen MR) is 101 cm³/mol. The lowest BCUT2D eigenvalue weighted by Crippen LogP contribution is -2.40. The minimum Gasteiger partial charge on any atom is -0.372 e. The molecule has 2 aromatic rings. The number of sulfonamides is 1. The number of halogens is 1. The maximum atomic E-state index is 14.1. The zero-order valence-electron chi connectivity index (χ0n) is 15.7. The second-order valence-electron chi connectivity index (χ2n) is 6.40. The van der Waals surface area contributed by atoms with Crippen molar-refractivity contribution in [1.82, 2.24) is 4.72 Å². The van der Waals surface area contributed by atoms with Crippen LogP contribution < -0.4 is 10.0 Å². The molecule has 1 amide bonds. The number of carbonyl (C=O) groups excluding carboxylic acids is 1. The van der Waals surface area contributed by atoms with Crippen LogP contribution in [0.25, 0.3) is 0 Å². The van der Waals surface area contributed by atoms with E-state index < -0.39 is 21.4 Å². The van der Waals surface area contributed by atoms with Crippen LogP contribution in [0.3, 0.4) is 0 Å². The van der Waals surface area contributed by atoms with Crippen LogP contribution in [-0.4, -0.2) is 28.0 Å². The minimum atomic E-state index is -3.87. The average Bonchev–Trinajstić information content (AvgIpc) is 2.59. The molecular weight excluding hydrogens is 371 g/mol. The Morgan fingerprint density at radius 1 is 1.22 bits per heavy atom. The van der Waals surface area contributed by atoms with Crippen molar-refractivity contribution in [2.24, 2.45) is 0 Å². The highest BCUT2D eigenvalue weighted by Crippen LogP contribution is 2.27. The summed E-state index contributed by atoms with van der Waals surface area (Å²) in [5.74, 6) is -0.722. The van der Waals surface area contributed by atoms with Gasteiger partial charge >= 0.3 is 0 Å².